The number of aliphatic hydroxyl groups excluding tert-OH is 1. The van der Waals surface area contributed by atoms with E-state index in [-0.39, 0.29) is 12.4 Å². The number of β-amino-alcohol motifs (C(OH)–C–C–N with tert-alkyl or cyclic N) is 1. The third-order valence-electron chi connectivity index (χ3n) is 6.09. The topological polar surface area (TPSA) is 65.6 Å². The summed E-state index contributed by atoms with van der Waals surface area (Å²) in [4.78, 5) is 17.3. The second kappa shape index (κ2) is 9.02. The second-order valence-corrected chi connectivity index (χ2v) is 8.33. The first-order valence-electron chi connectivity index (χ1n) is 10.7. The quantitative estimate of drug-likeness (QED) is 0.574. The first kappa shape index (κ1) is 20.6. The Labute approximate surface area is 177 Å². The first-order chi connectivity index (χ1) is 14.5. The van der Waals surface area contributed by atoms with Crippen LogP contribution in [-0.4, -0.2) is 53.1 Å². The van der Waals surface area contributed by atoms with Gasteiger partial charge < -0.3 is 19.7 Å². The van der Waals surface area contributed by atoms with Crippen molar-refractivity contribution >= 4 is 16.7 Å². The highest BCUT2D eigenvalue weighted by Gasteiger charge is 2.25. The van der Waals surface area contributed by atoms with Gasteiger partial charge in [-0.3, -0.25) is 4.79 Å². The van der Waals surface area contributed by atoms with Crippen LogP contribution in [0.4, 0.5) is 0 Å². The van der Waals surface area contributed by atoms with Crippen LogP contribution in [0.15, 0.2) is 48.5 Å². The monoisotopic (exact) mass is 406 g/mol. The average molecular weight is 407 g/mol. The molecule has 1 aromatic heterocycles. The molecule has 1 atom stereocenters. The molecule has 30 heavy (non-hydrogen) atoms. The standard InChI is InChI=1S/C25H30N2O3/c1-17-25(23-8-3-4-9-24(23)26-17)19-10-12-27(13-11-19)15-21(29)16-30-22-7-5-6-20(14-22)18(2)28/h3-9,14,19,21,26,29H,10-13,15-16H2,1-2H3. The van der Waals surface area contributed by atoms with Gasteiger partial charge in [0, 0.05) is 28.7 Å². The average Bonchev–Trinajstić information content (AvgIpc) is 3.09. The van der Waals surface area contributed by atoms with E-state index in [1.807, 2.05) is 6.07 Å². The Hall–Kier alpha value is -2.63. The molecular formula is C25H30N2O3. The van der Waals surface area contributed by atoms with Crippen LogP contribution < -0.4 is 4.74 Å². The number of hydrogen-bond donors (Lipinski definition) is 2. The minimum Gasteiger partial charge on any atom is -0.491 e. The summed E-state index contributed by atoms with van der Waals surface area (Å²) in [7, 11) is 0. The lowest BCUT2D eigenvalue weighted by Gasteiger charge is -2.33. The second-order valence-electron chi connectivity index (χ2n) is 8.33. The van der Waals surface area contributed by atoms with Crippen molar-refractivity contribution in [1.82, 2.24) is 9.88 Å². The molecule has 0 aliphatic carbocycles. The fraction of sp³-hybridized carbons (Fsp3) is 0.400. The van der Waals surface area contributed by atoms with E-state index < -0.39 is 6.10 Å². The molecule has 0 amide bonds. The number of ether oxygens (including phenoxy) is 1. The van der Waals surface area contributed by atoms with Gasteiger partial charge in [0.15, 0.2) is 5.78 Å². The summed E-state index contributed by atoms with van der Waals surface area (Å²) in [6.45, 7) is 6.48. The summed E-state index contributed by atoms with van der Waals surface area (Å²) in [5, 5.41) is 11.8. The molecule has 0 radical (unpaired) electrons. The highest BCUT2D eigenvalue weighted by molar-refractivity contribution is 5.94. The van der Waals surface area contributed by atoms with Crippen molar-refractivity contribution in [2.75, 3.05) is 26.2 Å². The zero-order valence-corrected chi connectivity index (χ0v) is 17.7. The van der Waals surface area contributed by atoms with E-state index in [1.54, 1.807) is 18.2 Å². The maximum Gasteiger partial charge on any atom is 0.159 e. The van der Waals surface area contributed by atoms with Crippen LogP contribution in [0, 0.1) is 6.92 Å². The van der Waals surface area contributed by atoms with E-state index in [0.29, 0.717) is 23.8 Å². The van der Waals surface area contributed by atoms with Gasteiger partial charge in [-0.2, -0.15) is 0 Å². The molecule has 2 aromatic carbocycles. The predicted octanol–water partition coefficient (Wildman–Crippen LogP) is 4.30. The molecule has 158 valence electrons. The number of carbonyl (C=O) groups excluding carboxylic acids is 1. The number of carbonyl (C=O) groups is 1. The number of rotatable bonds is 7. The summed E-state index contributed by atoms with van der Waals surface area (Å²) in [6, 6.07) is 15.6. The third-order valence-corrected chi connectivity index (χ3v) is 6.09. The van der Waals surface area contributed by atoms with Gasteiger partial charge in [-0.05, 0) is 69.5 Å². The van der Waals surface area contributed by atoms with Crippen LogP contribution in [0.2, 0.25) is 0 Å². The number of aryl methyl sites for hydroxylation is 1. The van der Waals surface area contributed by atoms with Crippen LogP contribution in [0.3, 0.4) is 0 Å². The number of aromatic nitrogens is 1. The van der Waals surface area contributed by atoms with Crippen molar-refractivity contribution in [1.29, 1.82) is 0 Å². The van der Waals surface area contributed by atoms with Gasteiger partial charge in [0.1, 0.15) is 18.5 Å². The van der Waals surface area contributed by atoms with Crippen molar-refractivity contribution in [3.8, 4) is 5.75 Å². The number of H-pyrrole nitrogens is 1. The Balaban J connectivity index is 1.29. The molecule has 2 N–H and O–H groups in total. The number of nitrogens with one attached hydrogen (secondary N) is 1. The van der Waals surface area contributed by atoms with Gasteiger partial charge in [0.05, 0.1) is 0 Å². The van der Waals surface area contributed by atoms with E-state index >= 15 is 0 Å². The Morgan fingerprint density at radius 3 is 2.73 bits per heavy atom. The van der Waals surface area contributed by atoms with Gasteiger partial charge in [-0.25, -0.2) is 0 Å². The van der Waals surface area contributed by atoms with Crippen molar-refractivity contribution in [3.63, 3.8) is 0 Å². The highest BCUT2D eigenvalue weighted by atomic mass is 16.5. The summed E-state index contributed by atoms with van der Waals surface area (Å²) < 4.78 is 5.71. The number of aliphatic hydroxyl groups is 1. The van der Waals surface area contributed by atoms with Crippen LogP contribution in [0.1, 0.15) is 47.3 Å². The number of ketones is 1. The lowest BCUT2D eigenvalue weighted by atomic mass is 9.87. The SMILES string of the molecule is CC(=O)c1cccc(OCC(O)CN2CCC(c3c(C)[nH]c4ccccc34)CC2)c1. The van der Waals surface area contributed by atoms with Crippen LogP contribution in [0.25, 0.3) is 10.9 Å². The fourth-order valence-electron chi connectivity index (χ4n) is 4.58. The molecule has 4 rings (SSSR count). The van der Waals surface area contributed by atoms with Crippen LogP contribution in [0.5, 0.6) is 5.75 Å². The summed E-state index contributed by atoms with van der Waals surface area (Å²) in [5.74, 6) is 1.18. The molecule has 0 spiro atoms. The van der Waals surface area contributed by atoms with Gasteiger partial charge in [-0.1, -0.05) is 30.3 Å². The largest absolute Gasteiger partial charge is 0.491 e. The third kappa shape index (κ3) is 4.58. The molecule has 1 fully saturated rings. The van der Waals surface area contributed by atoms with E-state index in [0.717, 1.165) is 25.9 Å². The molecule has 1 aliphatic heterocycles. The number of benzene rings is 2. The van der Waals surface area contributed by atoms with Gasteiger partial charge in [-0.15, -0.1) is 0 Å². The number of Topliss-reactive ketones (excluding diaryl/α,β-unsaturated/α-hetero) is 1. The Morgan fingerprint density at radius 2 is 1.97 bits per heavy atom. The van der Waals surface area contributed by atoms with Crippen molar-refractivity contribution in [2.45, 2.75) is 38.7 Å². The molecule has 5 nitrogen and oxygen atoms in total. The smallest absolute Gasteiger partial charge is 0.159 e. The summed E-state index contributed by atoms with van der Waals surface area (Å²) >= 11 is 0. The van der Waals surface area contributed by atoms with E-state index in [4.69, 9.17) is 4.74 Å². The highest BCUT2D eigenvalue weighted by Crippen LogP contribution is 2.35. The number of likely N-dealkylation sites (tertiary alicyclic amines) is 1. The zero-order valence-electron chi connectivity index (χ0n) is 17.7. The Morgan fingerprint density at radius 1 is 1.20 bits per heavy atom. The number of para-hydroxylation sites is 1. The number of piperidine rings is 1. The Bertz CT molecular complexity index is 1020. The molecule has 5 heteroatoms. The minimum absolute atomic E-state index is 0.00862. The van der Waals surface area contributed by atoms with Gasteiger partial charge >= 0.3 is 0 Å². The van der Waals surface area contributed by atoms with Gasteiger partial charge in [0.25, 0.3) is 0 Å². The van der Waals surface area contributed by atoms with Crippen molar-refractivity contribution in [2.24, 2.45) is 0 Å². The molecule has 3 aromatic rings. The molecule has 1 saturated heterocycles. The fourth-order valence-corrected chi connectivity index (χ4v) is 4.58. The van der Waals surface area contributed by atoms with Crippen molar-refractivity contribution < 1.29 is 14.6 Å². The van der Waals surface area contributed by atoms with Crippen LogP contribution >= 0.6 is 0 Å². The van der Waals surface area contributed by atoms with Gasteiger partial charge in [0.2, 0.25) is 0 Å². The number of fused-ring (bicyclic) bond motifs is 1. The van der Waals surface area contributed by atoms with E-state index in [1.165, 1.54) is 29.1 Å². The zero-order chi connectivity index (χ0) is 21.1. The van der Waals surface area contributed by atoms with E-state index in [2.05, 4.69) is 41.1 Å². The molecule has 0 saturated carbocycles. The number of hydrogen-bond acceptors (Lipinski definition) is 4. The number of aromatic amines is 1. The maximum atomic E-state index is 11.5. The summed E-state index contributed by atoms with van der Waals surface area (Å²) in [6.07, 6.45) is 1.63. The normalized spacial score (nSPS) is 16.6. The molecule has 2 heterocycles. The Kier molecular flexibility index (Phi) is 6.21. The number of nitrogens with zero attached hydrogens (tertiary/aromatic N) is 1. The minimum atomic E-state index is -0.558. The van der Waals surface area contributed by atoms with Crippen LogP contribution in [-0.2, 0) is 0 Å². The predicted molar refractivity (Wildman–Crippen MR) is 119 cm³/mol. The first-order valence-corrected chi connectivity index (χ1v) is 10.7. The maximum absolute atomic E-state index is 11.5. The molecular weight excluding hydrogens is 376 g/mol. The lowest BCUT2D eigenvalue weighted by molar-refractivity contribution is 0.0594. The molecule has 0 bridgehead atoms. The summed E-state index contributed by atoms with van der Waals surface area (Å²) in [5.41, 5.74) is 4.57. The lowest BCUT2D eigenvalue weighted by Crippen LogP contribution is -2.40. The molecule has 1 aliphatic rings. The van der Waals surface area contributed by atoms with Crippen molar-refractivity contribution in [3.05, 3.63) is 65.4 Å². The van der Waals surface area contributed by atoms with E-state index in [9.17, 15) is 9.90 Å². The molecule has 1 unspecified atom stereocenters.